The van der Waals surface area contributed by atoms with Gasteiger partial charge in [-0.05, 0) is 62.5 Å². The van der Waals surface area contributed by atoms with Gasteiger partial charge in [-0.25, -0.2) is 23.5 Å². The summed E-state index contributed by atoms with van der Waals surface area (Å²) in [5, 5.41) is 13.6. The third kappa shape index (κ3) is 6.22. The first kappa shape index (κ1) is 34.7. The maximum atomic E-state index is 15.2. The molecule has 1 amide bonds. The average molecular weight is 702 g/mol. The van der Waals surface area contributed by atoms with Crippen LogP contribution >= 0.6 is 0 Å². The Morgan fingerprint density at radius 1 is 1.16 bits per heavy atom. The van der Waals surface area contributed by atoms with Crippen LogP contribution in [0.5, 0.6) is 5.75 Å². The maximum Gasteiger partial charge on any atom is 0.329 e. The molecule has 4 unspecified atom stereocenters. The van der Waals surface area contributed by atoms with Gasteiger partial charge in [0.05, 0.1) is 36.8 Å². The van der Waals surface area contributed by atoms with E-state index >= 15 is 8.78 Å². The average Bonchev–Trinajstić information content (AvgIpc) is 3.51. The Labute approximate surface area is 287 Å². The van der Waals surface area contributed by atoms with Crippen LogP contribution in [0.2, 0.25) is 0 Å². The summed E-state index contributed by atoms with van der Waals surface area (Å²) in [5.41, 5.74) is -1.62. The quantitative estimate of drug-likeness (QED) is 0.224. The molecule has 3 heterocycles. The van der Waals surface area contributed by atoms with Gasteiger partial charge in [0, 0.05) is 62.3 Å². The zero-order valence-corrected chi connectivity index (χ0v) is 28.6. The molecule has 0 spiro atoms. The molecule has 14 heteroatoms. The molecule has 10 nitrogen and oxygen atoms in total. The van der Waals surface area contributed by atoms with Crippen LogP contribution in [0.3, 0.4) is 0 Å². The van der Waals surface area contributed by atoms with E-state index < -0.39 is 40.5 Å². The number of hydrogen-bond donors (Lipinski definition) is 2. The number of ether oxygens (including phenoxy) is 2. The van der Waals surface area contributed by atoms with Crippen molar-refractivity contribution in [3.8, 4) is 17.1 Å². The summed E-state index contributed by atoms with van der Waals surface area (Å²) >= 11 is 0. The summed E-state index contributed by atoms with van der Waals surface area (Å²) in [6, 6.07) is 5.31. The van der Waals surface area contributed by atoms with E-state index in [2.05, 4.69) is 22.2 Å². The van der Waals surface area contributed by atoms with Gasteiger partial charge in [-0.15, -0.1) is 0 Å². The molecule has 1 aromatic carbocycles. The van der Waals surface area contributed by atoms with Gasteiger partial charge in [0.2, 0.25) is 0 Å². The van der Waals surface area contributed by atoms with Crippen molar-refractivity contribution in [3.05, 3.63) is 41.9 Å². The molecule has 0 radical (unpaired) electrons. The molecule has 4 fully saturated rings. The highest BCUT2D eigenvalue weighted by molar-refractivity contribution is 6.00. The molecule has 7 rings (SSSR count). The molecule has 3 aliphatic carbocycles. The fourth-order valence-electron chi connectivity index (χ4n) is 8.79. The molecular formula is C36H43F4N5O5. The van der Waals surface area contributed by atoms with Crippen LogP contribution < -0.4 is 10.1 Å². The minimum Gasteiger partial charge on any atom is -0.490 e. The number of carbonyl (C=O) groups excluding carboxylic acids is 1. The largest absolute Gasteiger partial charge is 0.490 e. The van der Waals surface area contributed by atoms with Crippen LogP contribution in [0.15, 0.2) is 30.6 Å². The highest BCUT2D eigenvalue weighted by Crippen LogP contribution is 2.51. The predicted octanol–water partition coefficient (Wildman–Crippen LogP) is 6.29. The SMILES string of the molecule is COC[C@@H](C)n1cc(-c2ncc(C(=O)NC3(C(=O)O)CC4CC(C)CC3C4)c(C(C)(F)F)n2)c2ccc(OC3CC(N4CC(F)(F)C4)C3)cc21. The van der Waals surface area contributed by atoms with Gasteiger partial charge < -0.3 is 24.5 Å². The number of halogens is 4. The molecule has 2 N–H and O–H groups in total. The van der Waals surface area contributed by atoms with Crippen molar-refractivity contribution in [1.29, 1.82) is 0 Å². The van der Waals surface area contributed by atoms with Crippen molar-refractivity contribution >= 4 is 22.8 Å². The zero-order chi connectivity index (χ0) is 35.7. The molecule has 2 aromatic heterocycles. The summed E-state index contributed by atoms with van der Waals surface area (Å²) < 4.78 is 70.7. The van der Waals surface area contributed by atoms with Crippen LogP contribution in [0.4, 0.5) is 17.6 Å². The number of fused-ring (bicyclic) bond motifs is 3. The fourth-order valence-corrected chi connectivity index (χ4v) is 8.79. The lowest BCUT2D eigenvalue weighted by molar-refractivity contribution is -0.165. The topological polar surface area (TPSA) is 119 Å². The molecule has 4 aliphatic rings. The minimum atomic E-state index is -3.55. The predicted molar refractivity (Wildman–Crippen MR) is 176 cm³/mol. The number of carbonyl (C=O) groups is 2. The van der Waals surface area contributed by atoms with E-state index in [-0.39, 0.29) is 55.4 Å². The monoisotopic (exact) mass is 701 g/mol. The Bertz CT molecular complexity index is 1800. The van der Waals surface area contributed by atoms with Crippen LogP contribution in [0.1, 0.15) is 81.4 Å². The number of benzene rings is 1. The number of alkyl halides is 4. The first-order valence-corrected chi connectivity index (χ1v) is 17.3. The van der Waals surface area contributed by atoms with Crippen molar-refractivity contribution in [2.45, 2.75) is 94.9 Å². The second-order valence-corrected chi connectivity index (χ2v) is 15.2. The smallest absolute Gasteiger partial charge is 0.329 e. The number of aliphatic carboxylic acids is 1. The van der Waals surface area contributed by atoms with Gasteiger partial charge in [0.15, 0.2) is 5.82 Å². The molecule has 1 aliphatic heterocycles. The van der Waals surface area contributed by atoms with E-state index in [1.165, 1.54) is 0 Å². The molecule has 3 aromatic rings. The summed E-state index contributed by atoms with van der Waals surface area (Å²) in [6.45, 7) is 4.58. The third-order valence-electron chi connectivity index (χ3n) is 11.2. The van der Waals surface area contributed by atoms with Crippen LogP contribution in [0, 0.1) is 17.8 Å². The van der Waals surface area contributed by atoms with E-state index in [0.29, 0.717) is 61.8 Å². The van der Waals surface area contributed by atoms with Crippen molar-refractivity contribution in [2.24, 2.45) is 17.8 Å². The van der Waals surface area contributed by atoms with E-state index in [9.17, 15) is 23.5 Å². The highest BCUT2D eigenvalue weighted by atomic mass is 19.3. The van der Waals surface area contributed by atoms with E-state index in [1.807, 2.05) is 17.6 Å². The Hall–Kier alpha value is -3.78. The van der Waals surface area contributed by atoms with E-state index in [4.69, 9.17) is 9.47 Å². The maximum absolute atomic E-state index is 15.2. The molecule has 3 saturated carbocycles. The van der Waals surface area contributed by atoms with Crippen molar-refractivity contribution in [3.63, 3.8) is 0 Å². The van der Waals surface area contributed by atoms with Gasteiger partial charge in [0.1, 0.15) is 23.1 Å². The lowest BCUT2D eigenvalue weighted by atomic mass is 9.78. The van der Waals surface area contributed by atoms with Gasteiger partial charge in [-0.3, -0.25) is 9.69 Å². The second-order valence-electron chi connectivity index (χ2n) is 15.2. The number of nitrogens with one attached hydrogen (secondary N) is 1. The number of hydrogen-bond acceptors (Lipinski definition) is 7. The lowest BCUT2D eigenvalue weighted by Gasteiger charge is -2.49. The normalized spacial score (nSPS) is 29.6. The number of likely N-dealkylation sites (tertiary alicyclic amines) is 1. The van der Waals surface area contributed by atoms with E-state index in [0.717, 1.165) is 18.1 Å². The first-order valence-electron chi connectivity index (χ1n) is 17.3. The van der Waals surface area contributed by atoms with Crippen molar-refractivity contribution in [2.75, 3.05) is 26.8 Å². The lowest BCUT2D eigenvalue weighted by Crippen LogP contribution is -2.63. The van der Waals surface area contributed by atoms with Crippen molar-refractivity contribution < 1.29 is 41.7 Å². The molecule has 270 valence electrons. The highest BCUT2D eigenvalue weighted by Gasteiger charge is 2.56. The van der Waals surface area contributed by atoms with Gasteiger partial charge in [-0.1, -0.05) is 6.92 Å². The van der Waals surface area contributed by atoms with Gasteiger partial charge in [-0.2, -0.15) is 8.78 Å². The minimum absolute atomic E-state index is 0.0215. The Morgan fingerprint density at radius 2 is 1.90 bits per heavy atom. The number of rotatable bonds is 11. The number of carboxylic acid groups (broad SMARTS) is 1. The third-order valence-corrected chi connectivity index (χ3v) is 11.2. The molecule has 50 heavy (non-hydrogen) atoms. The standard InChI is InChI=1S/C36H43F4N5O5/c1-19-7-21-9-22(8-19)36(13-21,33(47)48)43-32(46)27-14-41-31(42-30(27)34(3,37)38)28-15-45(20(2)16-49-4)29-12-24(5-6-26(28)29)50-25-10-23(11-25)44-17-35(39,40)18-44/h5-6,12,14-15,19-23,25H,7-11,13,16-18H2,1-4H3,(H,43,46)(H,47,48)/t19?,20-,21?,22?,23?,25?,36?/m1/s1. The number of carboxylic acids is 1. The second kappa shape index (κ2) is 12.5. The summed E-state index contributed by atoms with van der Waals surface area (Å²) in [6.07, 6.45) is 6.42. The molecular weight excluding hydrogens is 658 g/mol. The van der Waals surface area contributed by atoms with Crippen molar-refractivity contribution in [1.82, 2.24) is 24.8 Å². The fraction of sp³-hybridized carbons (Fsp3) is 0.611. The number of amides is 1. The Balaban J connectivity index is 1.18. The first-order chi connectivity index (χ1) is 23.6. The molecule has 2 bridgehead atoms. The van der Waals surface area contributed by atoms with E-state index in [1.54, 1.807) is 30.3 Å². The molecule has 1 saturated heterocycles. The van der Waals surface area contributed by atoms with Gasteiger partial charge in [0.25, 0.3) is 17.8 Å². The Kier molecular flexibility index (Phi) is 8.64. The molecule has 5 atom stereocenters. The Morgan fingerprint density at radius 3 is 2.56 bits per heavy atom. The number of nitrogens with zero attached hydrogens (tertiary/aromatic N) is 4. The zero-order valence-electron chi connectivity index (χ0n) is 28.6. The number of aromatic nitrogens is 3. The number of methoxy groups -OCH3 is 1. The summed E-state index contributed by atoms with van der Waals surface area (Å²) in [5.74, 6) is -7.53. The van der Waals surface area contributed by atoms with Crippen LogP contribution in [-0.4, -0.2) is 86.8 Å². The van der Waals surface area contributed by atoms with Crippen LogP contribution in [0.25, 0.3) is 22.3 Å². The van der Waals surface area contributed by atoms with Gasteiger partial charge >= 0.3 is 5.97 Å². The summed E-state index contributed by atoms with van der Waals surface area (Å²) in [7, 11) is 1.58. The summed E-state index contributed by atoms with van der Waals surface area (Å²) in [4.78, 5) is 36.7. The van der Waals surface area contributed by atoms with Crippen LogP contribution in [-0.2, 0) is 15.5 Å².